The van der Waals surface area contributed by atoms with E-state index in [-0.39, 0.29) is 17.9 Å². The third-order valence-electron chi connectivity index (χ3n) is 5.44. The molecule has 3 heteroatoms. The van der Waals surface area contributed by atoms with Gasteiger partial charge >= 0.3 is 0 Å². The molecule has 1 aliphatic heterocycles. The van der Waals surface area contributed by atoms with E-state index in [2.05, 4.69) is 0 Å². The number of hydrogen-bond donors (Lipinski definition) is 0. The topological polar surface area (TPSA) is 37.4 Å². The predicted molar refractivity (Wildman–Crippen MR) is 75.5 cm³/mol. The van der Waals surface area contributed by atoms with Crippen molar-refractivity contribution in [3.05, 3.63) is 35.4 Å². The van der Waals surface area contributed by atoms with E-state index < -0.39 is 0 Å². The van der Waals surface area contributed by atoms with Crippen LogP contribution in [0.4, 0.5) is 0 Å². The molecule has 20 heavy (non-hydrogen) atoms. The number of rotatable bonds is 1. The summed E-state index contributed by atoms with van der Waals surface area (Å²) in [6.45, 7) is 0. The maximum atomic E-state index is 12.4. The molecule has 4 rings (SSSR count). The van der Waals surface area contributed by atoms with E-state index >= 15 is 0 Å². The maximum absolute atomic E-state index is 12.4. The first-order chi connectivity index (χ1) is 9.70. The van der Waals surface area contributed by atoms with E-state index in [9.17, 15) is 9.59 Å². The Morgan fingerprint density at radius 1 is 0.900 bits per heavy atom. The highest BCUT2D eigenvalue weighted by atomic mass is 16.2. The summed E-state index contributed by atoms with van der Waals surface area (Å²) in [7, 11) is 0. The second kappa shape index (κ2) is 4.18. The van der Waals surface area contributed by atoms with Gasteiger partial charge in [0.15, 0.2) is 0 Å². The van der Waals surface area contributed by atoms with Crippen LogP contribution in [0.2, 0.25) is 0 Å². The van der Waals surface area contributed by atoms with Gasteiger partial charge in [-0.1, -0.05) is 31.4 Å². The minimum Gasteiger partial charge on any atom is -0.271 e. The van der Waals surface area contributed by atoms with Gasteiger partial charge in [-0.3, -0.25) is 14.5 Å². The van der Waals surface area contributed by atoms with Crippen LogP contribution in [-0.4, -0.2) is 22.8 Å². The van der Waals surface area contributed by atoms with Crippen LogP contribution in [0, 0.1) is 5.41 Å². The second-order valence-electron chi connectivity index (χ2n) is 6.65. The van der Waals surface area contributed by atoms with Crippen LogP contribution in [0.3, 0.4) is 0 Å². The molecule has 3 nitrogen and oxygen atoms in total. The Kier molecular flexibility index (Phi) is 2.53. The first-order valence-electron chi connectivity index (χ1n) is 7.67. The van der Waals surface area contributed by atoms with E-state index in [1.165, 1.54) is 37.0 Å². The normalized spacial score (nSPS) is 24.9. The molecule has 0 aromatic heterocycles. The number of fused-ring (bicyclic) bond motifs is 1. The van der Waals surface area contributed by atoms with Crippen molar-refractivity contribution in [1.29, 1.82) is 0 Å². The summed E-state index contributed by atoms with van der Waals surface area (Å²) >= 11 is 0. The lowest BCUT2D eigenvalue weighted by Gasteiger charge is -2.52. The Bertz CT molecular complexity index is 543. The Hall–Kier alpha value is -1.64. The van der Waals surface area contributed by atoms with Gasteiger partial charge in [0.1, 0.15) is 0 Å². The van der Waals surface area contributed by atoms with Crippen LogP contribution in [-0.2, 0) is 0 Å². The van der Waals surface area contributed by atoms with Crippen LogP contribution < -0.4 is 0 Å². The molecule has 2 fully saturated rings. The Morgan fingerprint density at radius 2 is 1.45 bits per heavy atom. The molecule has 1 heterocycles. The summed E-state index contributed by atoms with van der Waals surface area (Å²) in [6.07, 6.45) is 8.60. The second-order valence-corrected chi connectivity index (χ2v) is 6.65. The molecule has 3 aliphatic rings. The molecular formula is C17H19NO2. The zero-order valence-corrected chi connectivity index (χ0v) is 11.6. The highest BCUT2D eigenvalue weighted by molar-refractivity contribution is 6.21. The summed E-state index contributed by atoms with van der Waals surface area (Å²) in [5.74, 6) is -0.164. The number of nitrogens with zero attached hydrogens (tertiary/aromatic N) is 1. The molecule has 2 saturated carbocycles. The first kappa shape index (κ1) is 12.1. The fourth-order valence-corrected chi connectivity index (χ4v) is 4.37. The maximum Gasteiger partial charge on any atom is 0.261 e. The lowest BCUT2D eigenvalue weighted by atomic mass is 9.58. The van der Waals surface area contributed by atoms with Crippen molar-refractivity contribution in [1.82, 2.24) is 4.90 Å². The minimum atomic E-state index is -0.0822. The molecule has 0 N–H and O–H groups in total. The molecule has 1 spiro atoms. The Morgan fingerprint density at radius 3 is 2.00 bits per heavy atom. The third-order valence-corrected chi connectivity index (χ3v) is 5.44. The lowest BCUT2D eigenvalue weighted by Crippen LogP contribution is -2.53. The highest BCUT2D eigenvalue weighted by Gasteiger charge is 2.51. The molecule has 0 bridgehead atoms. The van der Waals surface area contributed by atoms with Crippen molar-refractivity contribution in [2.45, 2.75) is 51.0 Å². The van der Waals surface area contributed by atoms with Gasteiger partial charge in [0.25, 0.3) is 11.8 Å². The quantitative estimate of drug-likeness (QED) is 0.733. The number of carbonyl (C=O) groups is 2. The minimum absolute atomic E-state index is 0.0822. The van der Waals surface area contributed by atoms with Crippen molar-refractivity contribution in [3.63, 3.8) is 0 Å². The van der Waals surface area contributed by atoms with E-state index in [1.807, 2.05) is 12.1 Å². The summed E-state index contributed by atoms with van der Waals surface area (Å²) in [5.41, 5.74) is 1.61. The molecule has 0 unspecified atom stereocenters. The number of amides is 2. The number of hydrogen-bond acceptors (Lipinski definition) is 2. The first-order valence-corrected chi connectivity index (χ1v) is 7.67. The molecular weight excluding hydrogens is 250 g/mol. The van der Waals surface area contributed by atoms with E-state index in [4.69, 9.17) is 0 Å². The molecule has 104 valence electrons. The number of carbonyl (C=O) groups excluding carboxylic acids is 2. The van der Waals surface area contributed by atoms with Crippen LogP contribution in [0.15, 0.2) is 24.3 Å². The third kappa shape index (κ3) is 1.58. The zero-order chi connectivity index (χ0) is 13.7. The smallest absolute Gasteiger partial charge is 0.261 e. The van der Waals surface area contributed by atoms with Crippen molar-refractivity contribution < 1.29 is 9.59 Å². The SMILES string of the molecule is O=C1c2ccccc2C(=O)N1C1CC2(CCCCC2)C1. The van der Waals surface area contributed by atoms with Crippen molar-refractivity contribution >= 4 is 11.8 Å². The van der Waals surface area contributed by atoms with Gasteiger partial charge in [-0.2, -0.15) is 0 Å². The van der Waals surface area contributed by atoms with E-state index in [0.29, 0.717) is 16.5 Å². The van der Waals surface area contributed by atoms with Crippen molar-refractivity contribution in [2.75, 3.05) is 0 Å². The standard InChI is InChI=1S/C17H19NO2/c19-15-13-6-2-3-7-14(13)16(20)18(15)12-10-17(11-12)8-4-1-5-9-17/h2-3,6-7,12H,1,4-5,8-11H2. The van der Waals surface area contributed by atoms with Gasteiger partial charge in [0, 0.05) is 6.04 Å². The van der Waals surface area contributed by atoms with Gasteiger partial charge in [-0.05, 0) is 43.2 Å². The fourth-order valence-electron chi connectivity index (χ4n) is 4.37. The Labute approximate surface area is 119 Å². The predicted octanol–water partition coefficient (Wildman–Crippen LogP) is 3.40. The van der Waals surface area contributed by atoms with Gasteiger partial charge in [-0.25, -0.2) is 0 Å². The van der Waals surface area contributed by atoms with Crippen LogP contribution >= 0.6 is 0 Å². The van der Waals surface area contributed by atoms with Crippen molar-refractivity contribution in [3.8, 4) is 0 Å². The summed E-state index contributed by atoms with van der Waals surface area (Å²) in [4.78, 5) is 26.4. The molecule has 2 aliphatic carbocycles. The van der Waals surface area contributed by atoms with Gasteiger partial charge in [-0.15, -0.1) is 0 Å². The average Bonchev–Trinajstić information content (AvgIpc) is 2.70. The summed E-state index contributed by atoms with van der Waals surface area (Å²) < 4.78 is 0. The van der Waals surface area contributed by atoms with E-state index in [1.54, 1.807) is 12.1 Å². The molecule has 0 radical (unpaired) electrons. The average molecular weight is 269 g/mol. The number of benzene rings is 1. The van der Waals surface area contributed by atoms with Gasteiger partial charge in [0.2, 0.25) is 0 Å². The van der Waals surface area contributed by atoms with Crippen molar-refractivity contribution in [2.24, 2.45) is 5.41 Å². The van der Waals surface area contributed by atoms with Gasteiger partial charge < -0.3 is 0 Å². The lowest BCUT2D eigenvalue weighted by molar-refractivity contribution is -0.00957. The molecule has 0 saturated heterocycles. The molecule has 0 atom stereocenters. The highest BCUT2D eigenvalue weighted by Crippen LogP contribution is 2.54. The van der Waals surface area contributed by atoms with Gasteiger partial charge in [0.05, 0.1) is 11.1 Å². The van der Waals surface area contributed by atoms with Crippen LogP contribution in [0.5, 0.6) is 0 Å². The molecule has 1 aromatic carbocycles. The summed E-state index contributed by atoms with van der Waals surface area (Å²) in [6, 6.07) is 7.34. The molecule has 1 aromatic rings. The van der Waals surface area contributed by atoms with Crippen LogP contribution in [0.1, 0.15) is 65.7 Å². The summed E-state index contributed by atoms with van der Waals surface area (Å²) in [5, 5.41) is 0. The zero-order valence-electron chi connectivity index (χ0n) is 11.6. The largest absolute Gasteiger partial charge is 0.271 e. The number of imide groups is 1. The monoisotopic (exact) mass is 269 g/mol. The Balaban J connectivity index is 1.55. The van der Waals surface area contributed by atoms with Crippen LogP contribution in [0.25, 0.3) is 0 Å². The molecule has 2 amide bonds. The van der Waals surface area contributed by atoms with E-state index in [0.717, 1.165) is 12.8 Å². The fraction of sp³-hybridized carbons (Fsp3) is 0.529.